The van der Waals surface area contributed by atoms with Crippen LogP contribution in [0.1, 0.15) is 52.1 Å². The Morgan fingerprint density at radius 1 is 1.13 bits per heavy atom. The minimum atomic E-state index is -0.398. The number of benzene rings is 1. The monoisotopic (exact) mass is 464 g/mol. The summed E-state index contributed by atoms with van der Waals surface area (Å²) in [4.78, 5) is 26.7. The molecule has 0 saturated heterocycles. The number of nitrogens with one attached hydrogen (secondary N) is 1. The van der Waals surface area contributed by atoms with E-state index in [-0.39, 0.29) is 23.6 Å². The predicted octanol–water partition coefficient (Wildman–Crippen LogP) is 3.09. The fourth-order valence-electron chi connectivity index (χ4n) is 3.03. The summed E-state index contributed by atoms with van der Waals surface area (Å²) in [5.74, 6) is 6.30. The predicted molar refractivity (Wildman–Crippen MR) is 126 cm³/mol. The van der Waals surface area contributed by atoms with Crippen molar-refractivity contribution in [2.45, 2.75) is 62.1 Å². The first-order valence-corrected chi connectivity index (χ1v) is 12.4. The van der Waals surface area contributed by atoms with E-state index in [1.54, 1.807) is 4.90 Å². The van der Waals surface area contributed by atoms with Crippen molar-refractivity contribution in [1.29, 1.82) is 0 Å². The molecule has 31 heavy (non-hydrogen) atoms. The second-order valence-electron chi connectivity index (χ2n) is 7.01. The molecule has 1 heterocycles. The third-order valence-electron chi connectivity index (χ3n) is 4.82. The first-order chi connectivity index (χ1) is 14.9. The number of amides is 2. The summed E-state index contributed by atoms with van der Waals surface area (Å²) in [7, 11) is 0. The van der Waals surface area contributed by atoms with Crippen molar-refractivity contribution in [3.05, 3.63) is 35.9 Å². The number of aromatic nitrogens is 3. The molecular weight excluding hydrogens is 432 g/mol. The van der Waals surface area contributed by atoms with Gasteiger partial charge in [-0.3, -0.25) is 9.59 Å². The van der Waals surface area contributed by atoms with Gasteiger partial charge in [0, 0.05) is 13.1 Å². The van der Waals surface area contributed by atoms with Gasteiger partial charge in [-0.15, -0.1) is 10.2 Å². The number of carbonyl (C=O) groups excluding carboxylic acids is 2. The Kier molecular flexibility index (Phi) is 10.2. The normalized spacial score (nSPS) is 12.9. The molecule has 170 valence electrons. The van der Waals surface area contributed by atoms with Crippen LogP contribution in [-0.2, 0) is 9.59 Å². The summed E-state index contributed by atoms with van der Waals surface area (Å²) in [6, 6.07) is 9.93. The van der Waals surface area contributed by atoms with Crippen LogP contribution in [0.3, 0.4) is 0 Å². The molecule has 0 bridgehead atoms. The van der Waals surface area contributed by atoms with E-state index in [9.17, 15) is 9.59 Å². The summed E-state index contributed by atoms with van der Waals surface area (Å²) < 4.78 is 1.34. The quantitative estimate of drug-likeness (QED) is 0.367. The minimum absolute atomic E-state index is 0.0304. The lowest BCUT2D eigenvalue weighted by molar-refractivity contribution is -0.128. The number of thioether (sulfide) groups is 2. The van der Waals surface area contributed by atoms with Gasteiger partial charge in [0.2, 0.25) is 22.1 Å². The fraction of sp³-hybridized carbons (Fsp3) is 0.524. The van der Waals surface area contributed by atoms with E-state index in [2.05, 4.69) is 22.4 Å². The van der Waals surface area contributed by atoms with E-state index in [0.29, 0.717) is 23.4 Å². The smallest absolute Gasteiger partial charge is 0.233 e. The van der Waals surface area contributed by atoms with Crippen molar-refractivity contribution in [1.82, 2.24) is 25.1 Å². The molecule has 2 atom stereocenters. The average molecular weight is 465 g/mol. The maximum Gasteiger partial charge on any atom is 0.233 e. The number of hydrogen-bond donors (Lipinski definition) is 2. The standard InChI is InChI=1S/C21H32N6O2S2/c1-5-11-17(16-12-9-8-10-13-16)23-19(29)15(4)31-21-25-24-20(27(21)22)30-14-18(28)26(6-2)7-3/h8-10,12-13,15,17H,5-7,11,14,22H2,1-4H3,(H,23,29). The molecule has 1 aromatic carbocycles. The molecule has 10 heteroatoms. The van der Waals surface area contributed by atoms with Gasteiger partial charge >= 0.3 is 0 Å². The highest BCUT2D eigenvalue weighted by Gasteiger charge is 2.23. The van der Waals surface area contributed by atoms with E-state index in [4.69, 9.17) is 5.84 Å². The Bertz CT molecular complexity index is 842. The summed E-state index contributed by atoms with van der Waals surface area (Å²) in [6.45, 7) is 9.14. The molecule has 0 aliphatic heterocycles. The SMILES string of the molecule is CCCC(NC(=O)C(C)Sc1nnc(SCC(=O)N(CC)CC)n1N)c1ccccc1. The molecule has 0 saturated carbocycles. The highest BCUT2D eigenvalue weighted by atomic mass is 32.2. The average Bonchev–Trinajstić information content (AvgIpc) is 3.12. The van der Waals surface area contributed by atoms with Gasteiger partial charge in [-0.05, 0) is 32.8 Å². The number of carbonyl (C=O) groups is 2. The van der Waals surface area contributed by atoms with Crippen LogP contribution in [0.15, 0.2) is 40.6 Å². The molecule has 2 aromatic rings. The lowest BCUT2D eigenvalue weighted by Crippen LogP contribution is -2.34. The molecule has 0 aliphatic carbocycles. The number of nitrogen functional groups attached to an aromatic ring is 1. The molecule has 3 N–H and O–H groups in total. The molecular formula is C21H32N6O2S2. The van der Waals surface area contributed by atoms with Gasteiger partial charge < -0.3 is 16.1 Å². The van der Waals surface area contributed by atoms with Crippen LogP contribution in [0.5, 0.6) is 0 Å². The van der Waals surface area contributed by atoms with Crippen molar-refractivity contribution >= 4 is 35.3 Å². The summed E-state index contributed by atoms with van der Waals surface area (Å²) in [6.07, 6.45) is 1.83. The van der Waals surface area contributed by atoms with Gasteiger partial charge in [-0.2, -0.15) is 0 Å². The highest BCUT2D eigenvalue weighted by Crippen LogP contribution is 2.26. The van der Waals surface area contributed by atoms with Crippen molar-refractivity contribution in [3.63, 3.8) is 0 Å². The van der Waals surface area contributed by atoms with Gasteiger partial charge in [-0.1, -0.05) is 67.2 Å². The van der Waals surface area contributed by atoms with E-state index in [1.165, 1.54) is 28.2 Å². The summed E-state index contributed by atoms with van der Waals surface area (Å²) >= 11 is 2.49. The Balaban J connectivity index is 1.96. The van der Waals surface area contributed by atoms with Crippen LogP contribution < -0.4 is 11.2 Å². The van der Waals surface area contributed by atoms with Crippen LogP contribution in [0.2, 0.25) is 0 Å². The van der Waals surface area contributed by atoms with Gasteiger partial charge in [0.25, 0.3) is 0 Å². The van der Waals surface area contributed by atoms with E-state index < -0.39 is 5.25 Å². The number of hydrogen-bond acceptors (Lipinski definition) is 7. The van der Waals surface area contributed by atoms with Crippen LogP contribution in [-0.4, -0.2) is 55.7 Å². The topological polar surface area (TPSA) is 106 Å². The highest BCUT2D eigenvalue weighted by molar-refractivity contribution is 8.00. The molecule has 2 unspecified atom stereocenters. The van der Waals surface area contributed by atoms with Crippen molar-refractivity contribution < 1.29 is 9.59 Å². The van der Waals surface area contributed by atoms with Gasteiger partial charge in [-0.25, -0.2) is 4.68 Å². The zero-order chi connectivity index (χ0) is 22.8. The second-order valence-corrected chi connectivity index (χ2v) is 9.26. The van der Waals surface area contributed by atoms with Crippen LogP contribution >= 0.6 is 23.5 Å². The molecule has 0 aliphatic rings. The zero-order valence-corrected chi connectivity index (χ0v) is 20.2. The molecule has 8 nitrogen and oxygen atoms in total. The summed E-state index contributed by atoms with van der Waals surface area (Å²) in [5.41, 5.74) is 1.09. The van der Waals surface area contributed by atoms with Crippen molar-refractivity contribution in [2.75, 3.05) is 24.7 Å². The van der Waals surface area contributed by atoms with Gasteiger partial charge in [0.1, 0.15) is 0 Å². The molecule has 0 radical (unpaired) electrons. The van der Waals surface area contributed by atoms with E-state index in [1.807, 2.05) is 51.1 Å². The number of rotatable bonds is 12. The molecule has 1 aromatic heterocycles. The van der Waals surface area contributed by atoms with Crippen molar-refractivity contribution in [2.24, 2.45) is 0 Å². The molecule has 2 rings (SSSR count). The summed E-state index contributed by atoms with van der Waals surface area (Å²) in [5, 5.41) is 11.8. The minimum Gasteiger partial charge on any atom is -0.348 e. The first-order valence-electron chi connectivity index (χ1n) is 10.5. The third kappa shape index (κ3) is 7.17. The Morgan fingerprint density at radius 2 is 1.77 bits per heavy atom. The number of nitrogens with two attached hydrogens (primary N) is 1. The Labute approximate surface area is 192 Å². The fourth-order valence-corrected chi connectivity index (χ4v) is 4.63. The third-order valence-corrected chi connectivity index (χ3v) is 6.81. The Hall–Kier alpha value is -2.20. The zero-order valence-electron chi connectivity index (χ0n) is 18.6. The van der Waals surface area contributed by atoms with Crippen LogP contribution in [0.25, 0.3) is 0 Å². The van der Waals surface area contributed by atoms with Gasteiger partial charge in [0.15, 0.2) is 0 Å². The largest absolute Gasteiger partial charge is 0.348 e. The van der Waals surface area contributed by atoms with Gasteiger partial charge in [0.05, 0.1) is 17.0 Å². The first kappa shape index (κ1) is 25.1. The molecule has 0 spiro atoms. The number of nitrogens with zero attached hydrogens (tertiary/aromatic N) is 4. The van der Waals surface area contributed by atoms with Crippen LogP contribution in [0.4, 0.5) is 0 Å². The molecule has 2 amide bonds. The van der Waals surface area contributed by atoms with Crippen LogP contribution in [0, 0.1) is 0 Å². The Morgan fingerprint density at radius 3 is 2.39 bits per heavy atom. The molecule has 0 fully saturated rings. The lowest BCUT2D eigenvalue weighted by atomic mass is 10.0. The maximum absolute atomic E-state index is 12.8. The maximum atomic E-state index is 12.8. The lowest BCUT2D eigenvalue weighted by Gasteiger charge is -2.21. The van der Waals surface area contributed by atoms with E-state index >= 15 is 0 Å². The second kappa shape index (κ2) is 12.6. The van der Waals surface area contributed by atoms with Crippen molar-refractivity contribution in [3.8, 4) is 0 Å². The van der Waals surface area contributed by atoms with E-state index in [0.717, 1.165) is 18.4 Å².